The molecule has 4 rings (SSSR count). The third kappa shape index (κ3) is 3.99. The first kappa shape index (κ1) is 19.9. The average molecular weight is 402 g/mol. The maximum Gasteiger partial charge on any atom is 0.255 e. The van der Waals surface area contributed by atoms with Crippen molar-refractivity contribution < 1.29 is 9.59 Å². The van der Waals surface area contributed by atoms with Gasteiger partial charge in [-0.1, -0.05) is 48.5 Å². The molecule has 3 aromatic rings. The highest BCUT2D eigenvalue weighted by molar-refractivity contribution is 5.95. The summed E-state index contributed by atoms with van der Waals surface area (Å²) in [6, 6.07) is 17.5. The van der Waals surface area contributed by atoms with Crippen LogP contribution in [0, 0.1) is 13.8 Å². The number of carbonyl (C=O) groups is 2. The lowest BCUT2D eigenvalue weighted by atomic mass is 10.1. The van der Waals surface area contributed by atoms with Gasteiger partial charge in [0.2, 0.25) is 5.91 Å². The van der Waals surface area contributed by atoms with Crippen molar-refractivity contribution in [3.8, 4) is 5.69 Å². The maximum absolute atomic E-state index is 13.2. The van der Waals surface area contributed by atoms with Gasteiger partial charge < -0.3 is 10.2 Å². The molecular weight excluding hydrogens is 376 g/mol. The molecule has 0 radical (unpaired) electrons. The molecule has 6 nitrogen and oxygen atoms in total. The van der Waals surface area contributed by atoms with Gasteiger partial charge in [-0.3, -0.25) is 9.59 Å². The van der Waals surface area contributed by atoms with Gasteiger partial charge in [-0.2, -0.15) is 5.10 Å². The van der Waals surface area contributed by atoms with Crippen LogP contribution in [0.5, 0.6) is 0 Å². The minimum atomic E-state index is -0.276. The van der Waals surface area contributed by atoms with Crippen LogP contribution in [0.3, 0.4) is 0 Å². The van der Waals surface area contributed by atoms with Gasteiger partial charge >= 0.3 is 0 Å². The molecule has 2 heterocycles. The summed E-state index contributed by atoms with van der Waals surface area (Å²) in [5.74, 6) is -0.0402. The molecule has 0 bridgehead atoms. The van der Waals surface area contributed by atoms with Gasteiger partial charge in [-0.05, 0) is 37.5 Å². The van der Waals surface area contributed by atoms with Gasteiger partial charge in [-0.25, -0.2) is 4.68 Å². The van der Waals surface area contributed by atoms with E-state index in [1.54, 1.807) is 10.9 Å². The summed E-state index contributed by atoms with van der Waals surface area (Å²) in [5.41, 5.74) is 4.34. The Hall–Kier alpha value is -3.41. The molecule has 2 amide bonds. The van der Waals surface area contributed by atoms with E-state index in [4.69, 9.17) is 0 Å². The second-order valence-corrected chi connectivity index (χ2v) is 7.72. The molecule has 1 unspecified atom stereocenters. The highest BCUT2D eigenvalue weighted by atomic mass is 16.2. The predicted molar refractivity (Wildman–Crippen MR) is 116 cm³/mol. The SMILES string of the molecule is Cc1ccccc1-n1ncc(C(=O)NC(CN2CCCC2=O)c2ccccc2)c1C. The Morgan fingerprint density at radius 2 is 1.83 bits per heavy atom. The van der Waals surface area contributed by atoms with E-state index in [0.717, 1.165) is 35.5 Å². The van der Waals surface area contributed by atoms with Gasteiger partial charge in [0, 0.05) is 19.5 Å². The molecule has 1 N–H and O–H groups in total. The van der Waals surface area contributed by atoms with E-state index in [1.165, 1.54) is 0 Å². The molecular formula is C24H26N4O2. The van der Waals surface area contributed by atoms with Gasteiger partial charge in [0.15, 0.2) is 0 Å². The van der Waals surface area contributed by atoms with Gasteiger partial charge in [0.25, 0.3) is 5.91 Å². The topological polar surface area (TPSA) is 67.2 Å². The number of rotatable bonds is 6. The Labute approximate surface area is 176 Å². The smallest absolute Gasteiger partial charge is 0.255 e. The molecule has 154 valence electrons. The van der Waals surface area contributed by atoms with Crippen LogP contribution in [0.4, 0.5) is 0 Å². The van der Waals surface area contributed by atoms with Crippen molar-refractivity contribution in [2.45, 2.75) is 32.7 Å². The lowest BCUT2D eigenvalue weighted by Gasteiger charge is -2.25. The Kier molecular flexibility index (Phi) is 5.65. The lowest BCUT2D eigenvalue weighted by Crippen LogP contribution is -2.38. The third-order valence-corrected chi connectivity index (χ3v) is 5.68. The van der Waals surface area contributed by atoms with Crippen LogP contribution in [0.2, 0.25) is 0 Å². The summed E-state index contributed by atoms with van der Waals surface area (Å²) in [6.45, 7) is 5.13. The van der Waals surface area contributed by atoms with Crippen molar-refractivity contribution in [3.05, 3.63) is 83.2 Å². The second kappa shape index (κ2) is 8.53. The van der Waals surface area contributed by atoms with Crippen LogP contribution in [0.15, 0.2) is 60.8 Å². The van der Waals surface area contributed by atoms with Gasteiger partial charge in [0.1, 0.15) is 0 Å². The Bertz CT molecular complexity index is 1060. The molecule has 2 aromatic carbocycles. The van der Waals surface area contributed by atoms with Crippen LogP contribution in [-0.4, -0.2) is 39.6 Å². The zero-order valence-corrected chi connectivity index (χ0v) is 17.3. The van der Waals surface area contributed by atoms with Crippen LogP contribution in [0.1, 0.15) is 46.1 Å². The summed E-state index contributed by atoms with van der Waals surface area (Å²) in [4.78, 5) is 27.1. The summed E-state index contributed by atoms with van der Waals surface area (Å²) < 4.78 is 1.80. The molecule has 1 atom stereocenters. The maximum atomic E-state index is 13.2. The summed E-state index contributed by atoms with van der Waals surface area (Å²) in [5, 5.41) is 7.59. The lowest BCUT2D eigenvalue weighted by molar-refractivity contribution is -0.128. The first-order valence-electron chi connectivity index (χ1n) is 10.3. The summed E-state index contributed by atoms with van der Waals surface area (Å²) in [6.07, 6.45) is 3.06. The van der Waals surface area contributed by atoms with E-state index in [1.807, 2.05) is 73.3 Å². The predicted octanol–water partition coefficient (Wildman–Crippen LogP) is 3.58. The molecule has 1 saturated heterocycles. The van der Waals surface area contributed by atoms with Crippen LogP contribution in [0.25, 0.3) is 5.69 Å². The van der Waals surface area contributed by atoms with Crippen LogP contribution < -0.4 is 5.32 Å². The van der Waals surface area contributed by atoms with E-state index in [-0.39, 0.29) is 17.9 Å². The van der Waals surface area contributed by atoms with E-state index >= 15 is 0 Å². The monoisotopic (exact) mass is 402 g/mol. The molecule has 6 heteroatoms. The van der Waals surface area contributed by atoms with Gasteiger partial charge in [0.05, 0.1) is 29.2 Å². The van der Waals surface area contributed by atoms with Crippen molar-refractivity contribution in [2.24, 2.45) is 0 Å². The van der Waals surface area contributed by atoms with Crippen LogP contribution in [-0.2, 0) is 4.79 Å². The first-order chi connectivity index (χ1) is 14.5. The van der Waals surface area contributed by atoms with E-state index in [2.05, 4.69) is 10.4 Å². The normalized spacial score (nSPS) is 14.7. The molecule has 1 aliphatic rings. The molecule has 0 aliphatic carbocycles. The molecule has 1 fully saturated rings. The Morgan fingerprint density at radius 1 is 1.10 bits per heavy atom. The number of nitrogens with zero attached hydrogens (tertiary/aromatic N) is 3. The number of para-hydroxylation sites is 1. The summed E-state index contributed by atoms with van der Waals surface area (Å²) >= 11 is 0. The number of carbonyl (C=O) groups excluding carboxylic acids is 2. The van der Waals surface area contributed by atoms with Crippen molar-refractivity contribution in [3.63, 3.8) is 0 Å². The second-order valence-electron chi connectivity index (χ2n) is 7.72. The fourth-order valence-corrected chi connectivity index (χ4v) is 3.95. The number of hydrogen-bond acceptors (Lipinski definition) is 3. The van der Waals surface area contributed by atoms with E-state index in [9.17, 15) is 9.59 Å². The number of likely N-dealkylation sites (tertiary alicyclic amines) is 1. The number of aryl methyl sites for hydroxylation is 1. The molecule has 0 saturated carbocycles. The molecule has 1 aromatic heterocycles. The minimum absolute atomic E-state index is 0.147. The van der Waals surface area contributed by atoms with Crippen LogP contribution >= 0.6 is 0 Å². The fourth-order valence-electron chi connectivity index (χ4n) is 3.95. The van der Waals surface area contributed by atoms with E-state index < -0.39 is 0 Å². The first-order valence-corrected chi connectivity index (χ1v) is 10.3. The quantitative estimate of drug-likeness (QED) is 0.685. The van der Waals surface area contributed by atoms with Crippen molar-refractivity contribution in [1.29, 1.82) is 0 Å². The standard InChI is InChI=1S/C24H26N4O2/c1-17-9-6-7-12-22(17)28-18(2)20(15-25-28)24(30)26-21(19-10-4-3-5-11-19)16-27-14-8-13-23(27)29/h3-7,9-12,15,21H,8,13-14,16H2,1-2H3,(H,26,30). The number of hydrogen-bond donors (Lipinski definition) is 1. The third-order valence-electron chi connectivity index (χ3n) is 5.68. The molecule has 30 heavy (non-hydrogen) atoms. The highest BCUT2D eigenvalue weighted by Gasteiger charge is 2.26. The zero-order valence-electron chi connectivity index (χ0n) is 17.3. The number of benzene rings is 2. The zero-order chi connectivity index (χ0) is 21.1. The number of amides is 2. The summed E-state index contributed by atoms with van der Waals surface area (Å²) in [7, 11) is 0. The number of aromatic nitrogens is 2. The fraction of sp³-hybridized carbons (Fsp3) is 0.292. The van der Waals surface area contributed by atoms with Gasteiger partial charge in [-0.15, -0.1) is 0 Å². The molecule has 0 spiro atoms. The Morgan fingerprint density at radius 3 is 2.53 bits per heavy atom. The largest absolute Gasteiger partial charge is 0.343 e. The van der Waals surface area contributed by atoms with Crippen molar-refractivity contribution in [2.75, 3.05) is 13.1 Å². The highest BCUT2D eigenvalue weighted by Crippen LogP contribution is 2.21. The minimum Gasteiger partial charge on any atom is -0.343 e. The van der Waals surface area contributed by atoms with E-state index in [0.29, 0.717) is 18.5 Å². The van der Waals surface area contributed by atoms with Crippen molar-refractivity contribution in [1.82, 2.24) is 20.0 Å². The Balaban J connectivity index is 1.58. The number of nitrogens with one attached hydrogen (secondary N) is 1. The molecule has 1 aliphatic heterocycles. The van der Waals surface area contributed by atoms with Crippen molar-refractivity contribution >= 4 is 11.8 Å². The average Bonchev–Trinajstić information content (AvgIpc) is 3.34.